The monoisotopic (exact) mass is 301 g/mol. The smallest absolute Gasteiger partial charge is 0.252 e. The Morgan fingerprint density at radius 1 is 1.38 bits per heavy atom. The topological polar surface area (TPSA) is 29.1 Å². The Balaban J connectivity index is 2.06. The van der Waals surface area contributed by atoms with Crippen molar-refractivity contribution in [2.24, 2.45) is 0 Å². The van der Waals surface area contributed by atoms with Gasteiger partial charge in [0.2, 0.25) is 0 Å². The first-order valence-corrected chi connectivity index (χ1v) is 6.61. The largest absolute Gasteiger partial charge is 0.348 e. The summed E-state index contributed by atoms with van der Waals surface area (Å²) < 4.78 is 0.816. The van der Waals surface area contributed by atoms with Crippen molar-refractivity contribution in [1.29, 1.82) is 0 Å². The molecule has 4 heteroatoms. The van der Waals surface area contributed by atoms with E-state index in [9.17, 15) is 4.79 Å². The van der Waals surface area contributed by atoms with Crippen molar-refractivity contribution in [2.45, 2.75) is 30.7 Å². The molecule has 0 aromatic heterocycles. The summed E-state index contributed by atoms with van der Waals surface area (Å²) in [5, 5.41) is 3.06. The number of nitrogens with one attached hydrogen (secondary N) is 1. The molecule has 2 unspecified atom stereocenters. The van der Waals surface area contributed by atoms with E-state index in [1.807, 2.05) is 18.2 Å². The molecule has 86 valence electrons. The summed E-state index contributed by atoms with van der Waals surface area (Å²) in [6, 6.07) is 7.52. The SMILES string of the molecule is O=C(NC1CCCC1Cl)c1ccccc1Br. The fraction of sp³-hybridized carbons (Fsp3) is 0.417. The first kappa shape index (κ1) is 11.9. The predicted molar refractivity (Wildman–Crippen MR) is 68.9 cm³/mol. The van der Waals surface area contributed by atoms with Crippen molar-refractivity contribution in [2.75, 3.05) is 0 Å². The van der Waals surface area contributed by atoms with Crippen LogP contribution in [0.4, 0.5) is 0 Å². The van der Waals surface area contributed by atoms with Crippen LogP contribution in [0.25, 0.3) is 0 Å². The molecule has 1 aromatic carbocycles. The zero-order chi connectivity index (χ0) is 11.5. The lowest BCUT2D eigenvalue weighted by Gasteiger charge is -2.16. The third-order valence-corrected chi connectivity index (χ3v) is 4.08. The summed E-state index contributed by atoms with van der Waals surface area (Å²) in [4.78, 5) is 12.0. The fourth-order valence-electron chi connectivity index (χ4n) is 1.97. The van der Waals surface area contributed by atoms with Gasteiger partial charge in [-0.1, -0.05) is 12.1 Å². The molecule has 2 rings (SSSR count). The number of hydrogen-bond donors (Lipinski definition) is 1. The van der Waals surface area contributed by atoms with E-state index in [4.69, 9.17) is 11.6 Å². The second kappa shape index (κ2) is 5.19. The van der Waals surface area contributed by atoms with Gasteiger partial charge >= 0.3 is 0 Å². The Bertz CT molecular complexity index is 396. The summed E-state index contributed by atoms with van der Waals surface area (Å²) in [5.41, 5.74) is 0.665. The van der Waals surface area contributed by atoms with E-state index in [2.05, 4.69) is 21.2 Å². The van der Waals surface area contributed by atoms with Crippen molar-refractivity contribution < 1.29 is 4.79 Å². The maximum Gasteiger partial charge on any atom is 0.252 e. The third kappa shape index (κ3) is 2.58. The van der Waals surface area contributed by atoms with Gasteiger partial charge in [-0.2, -0.15) is 0 Å². The molecule has 0 bridgehead atoms. The maximum atomic E-state index is 12.0. The molecule has 2 atom stereocenters. The van der Waals surface area contributed by atoms with Crippen LogP contribution in [0.5, 0.6) is 0 Å². The van der Waals surface area contributed by atoms with Crippen LogP contribution >= 0.6 is 27.5 Å². The Hall–Kier alpha value is -0.540. The lowest BCUT2D eigenvalue weighted by atomic mass is 10.2. The van der Waals surface area contributed by atoms with Crippen molar-refractivity contribution in [3.05, 3.63) is 34.3 Å². The van der Waals surface area contributed by atoms with Crippen LogP contribution < -0.4 is 5.32 Å². The van der Waals surface area contributed by atoms with Gasteiger partial charge in [-0.05, 0) is 47.3 Å². The zero-order valence-corrected chi connectivity index (χ0v) is 11.1. The molecule has 0 saturated heterocycles. The normalized spacial score (nSPS) is 24.4. The molecule has 1 amide bonds. The molecule has 1 aromatic rings. The zero-order valence-electron chi connectivity index (χ0n) is 8.75. The van der Waals surface area contributed by atoms with Crippen LogP contribution in [0.3, 0.4) is 0 Å². The Labute approximate surface area is 108 Å². The van der Waals surface area contributed by atoms with Gasteiger partial charge in [0, 0.05) is 10.5 Å². The molecule has 2 nitrogen and oxygen atoms in total. The average molecular weight is 303 g/mol. The second-order valence-electron chi connectivity index (χ2n) is 4.01. The fourth-order valence-corrected chi connectivity index (χ4v) is 2.78. The minimum atomic E-state index is -0.0509. The van der Waals surface area contributed by atoms with E-state index in [-0.39, 0.29) is 17.3 Å². The molecule has 1 saturated carbocycles. The summed E-state index contributed by atoms with van der Waals surface area (Å²) in [7, 11) is 0. The molecule has 16 heavy (non-hydrogen) atoms. The second-order valence-corrected chi connectivity index (χ2v) is 5.42. The summed E-state index contributed by atoms with van der Waals surface area (Å²) in [6.07, 6.45) is 3.06. The van der Waals surface area contributed by atoms with E-state index in [1.54, 1.807) is 6.07 Å². The van der Waals surface area contributed by atoms with E-state index in [0.717, 1.165) is 23.7 Å². The molecule has 1 fully saturated rings. The van der Waals surface area contributed by atoms with Crippen LogP contribution in [0.15, 0.2) is 28.7 Å². The number of hydrogen-bond acceptors (Lipinski definition) is 1. The van der Waals surface area contributed by atoms with Gasteiger partial charge in [-0.25, -0.2) is 0 Å². The highest BCUT2D eigenvalue weighted by atomic mass is 79.9. The number of alkyl halides is 1. The van der Waals surface area contributed by atoms with Gasteiger partial charge < -0.3 is 5.32 Å². The van der Waals surface area contributed by atoms with Crippen LogP contribution in [-0.4, -0.2) is 17.3 Å². The number of benzene rings is 1. The van der Waals surface area contributed by atoms with Crippen molar-refractivity contribution >= 4 is 33.4 Å². The van der Waals surface area contributed by atoms with Gasteiger partial charge in [-0.15, -0.1) is 11.6 Å². The maximum absolute atomic E-state index is 12.0. The quantitative estimate of drug-likeness (QED) is 0.834. The number of carbonyl (C=O) groups is 1. The van der Waals surface area contributed by atoms with Gasteiger partial charge in [0.1, 0.15) is 0 Å². The van der Waals surface area contributed by atoms with Crippen LogP contribution in [-0.2, 0) is 0 Å². The van der Waals surface area contributed by atoms with Crippen LogP contribution in [0.1, 0.15) is 29.6 Å². The molecular weight excluding hydrogens is 289 g/mol. The number of carbonyl (C=O) groups excluding carboxylic acids is 1. The van der Waals surface area contributed by atoms with E-state index in [1.165, 1.54) is 0 Å². The number of amides is 1. The highest BCUT2D eigenvalue weighted by Gasteiger charge is 2.27. The van der Waals surface area contributed by atoms with E-state index >= 15 is 0 Å². The Kier molecular flexibility index (Phi) is 3.87. The molecule has 0 heterocycles. The van der Waals surface area contributed by atoms with Gasteiger partial charge in [0.15, 0.2) is 0 Å². The van der Waals surface area contributed by atoms with Gasteiger partial charge in [0.05, 0.1) is 10.9 Å². The number of rotatable bonds is 2. The van der Waals surface area contributed by atoms with Crippen LogP contribution in [0.2, 0.25) is 0 Å². The van der Waals surface area contributed by atoms with Gasteiger partial charge in [-0.3, -0.25) is 4.79 Å². The molecule has 1 aliphatic rings. The Morgan fingerprint density at radius 2 is 2.12 bits per heavy atom. The summed E-state index contributed by atoms with van der Waals surface area (Å²) in [5.74, 6) is -0.0509. The van der Waals surface area contributed by atoms with Crippen molar-refractivity contribution in [3.63, 3.8) is 0 Å². The summed E-state index contributed by atoms with van der Waals surface area (Å²) >= 11 is 9.49. The molecule has 1 aliphatic carbocycles. The average Bonchev–Trinajstić information content (AvgIpc) is 2.65. The Morgan fingerprint density at radius 3 is 2.75 bits per heavy atom. The van der Waals surface area contributed by atoms with E-state index in [0.29, 0.717) is 5.56 Å². The van der Waals surface area contributed by atoms with Crippen molar-refractivity contribution in [3.8, 4) is 0 Å². The lowest BCUT2D eigenvalue weighted by Crippen LogP contribution is -2.37. The predicted octanol–water partition coefficient (Wildman–Crippen LogP) is 3.34. The molecule has 0 aliphatic heterocycles. The highest BCUT2D eigenvalue weighted by Crippen LogP contribution is 2.25. The standard InChI is InChI=1S/C12H13BrClNO/c13-9-5-2-1-4-8(9)12(16)15-11-7-3-6-10(11)14/h1-2,4-5,10-11H,3,6-7H2,(H,15,16). The van der Waals surface area contributed by atoms with Crippen LogP contribution in [0, 0.1) is 0 Å². The third-order valence-electron chi connectivity index (χ3n) is 2.87. The first-order chi connectivity index (χ1) is 7.68. The van der Waals surface area contributed by atoms with E-state index < -0.39 is 0 Å². The summed E-state index contributed by atoms with van der Waals surface area (Å²) in [6.45, 7) is 0. The molecule has 1 N–H and O–H groups in total. The molecule has 0 spiro atoms. The number of halogens is 2. The minimum absolute atomic E-state index is 0.0509. The van der Waals surface area contributed by atoms with Gasteiger partial charge in [0.25, 0.3) is 5.91 Å². The van der Waals surface area contributed by atoms with Crippen molar-refractivity contribution in [1.82, 2.24) is 5.32 Å². The first-order valence-electron chi connectivity index (χ1n) is 5.38. The molecular formula is C12H13BrClNO. The lowest BCUT2D eigenvalue weighted by molar-refractivity contribution is 0.0937. The highest BCUT2D eigenvalue weighted by molar-refractivity contribution is 9.10. The minimum Gasteiger partial charge on any atom is -0.348 e. The molecule has 0 radical (unpaired) electrons.